The Balaban J connectivity index is 2.13. The molecule has 0 spiro atoms. The van der Waals surface area contributed by atoms with E-state index >= 15 is 0 Å². The number of aliphatic hydroxyl groups excluding tert-OH is 1. The Kier molecular flexibility index (Phi) is 4.20. The Morgan fingerprint density at radius 2 is 1.76 bits per heavy atom. The van der Waals surface area contributed by atoms with Gasteiger partial charge in [-0.25, -0.2) is 17.6 Å². The van der Waals surface area contributed by atoms with Crippen molar-refractivity contribution in [2.75, 3.05) is 13.3 Å². The summed E-state index contributed by atoms with van der Waals surface area (Å²) in [5.74, 6) is -5.46. The van der Waals surface area contributed by atoms with Crippen LogP contribution in [0.15, 0.2) is 30.3 Å². The van der Waals surface area contributed by atoms with Gasteiger partial charge >= 0.3 is 0 Å². The molecule has 0 fully saturated rings. The van der Waals surface area contributed by atoms with Gasteiger partial charge in [-0.3, -0.25) is 0 Å². The number of benzene rings is 2. The molecule has 134 valence electrons. The van der Waals surface area contributed by atoms with E-state index < -0.39 is 37.2 Å². The van der Waals surface area contributed by atoms with E-state index in [0.29, 0.717) is 6.07 Å². The molecule has 0 radical (unpaired) electrons. The second-order valence-electron chi connectivity index (χ2n) is 6.37. The molecule has 1 aliphatic rings. The average molecular weight is 374 g/mol. The first kappa shape index (κ1) is 18.0. The maximum Gasteiger partial charge on any atom is 0.281 e. The summed E-state index contributed by atoms with van der Waals surface area (Å²) in [5, 5.41) is 10.1. The number of halogens is 4. The van der Waals surface area contributed by atoms with Crippen molar-refractivity contribution in [1.82, 2.24) is 0 Å². The number of fused-ring (bicyclic) bond motifs is 1. The third kappa shape index (κ3) is 3.31. The number of aliphatic hydroxyl groups is 1. The highest BCUT2D eigenvalue weighted by Gasteiger charge is 2.50. The van der Waals surface area contributed by atoms with Gasteiger partial charge in [0.2, 0.25) is 0 Å². The smallest absolute Gasteiger partial charge is 0.281 e. The summed E-state index contributed by atoms with van der Waals surface area (Å²) in [6.07, 6.45) is -2.93. The Morgan fingerprint density at radius 1 is 1.16 bits per heavy atom. The van der Waals surface area contributed by atoms with Gasteiger partial charge in [-0.2, -0.15) is 0 Å². The lowest BCUT2D eigenvalue weighted by Crippen LogP contribution is -2.24. The fourth-order valence-electron chi connectivity index (χ4n) is 2.94. The Labute approximate surface area is 141 Å². The minimum absolute atomic E-state index is 0.0106. The maximum atomic E-state index is 14.0. The Bertz CT molecular complexity index is 871. The van der Waals surface area contributed by atoms with Crippen molar-refractivity contribution >= 4 is 12.4 Å². The van der Waals surface area contributed by atoms with Gasteiger partial charge in [0, 0.05) is 41.1 Å². The van der Waals surface area contributed by atoms with Crippen LogP contribution >= 0.6 is 7.14 Å². The highest BCUT2D eigenvalue weighted by atomic mass is 31.2. The molecule has 0 bridgehead atoms. The first-order valence-electron chi connectivity index (χ1n) is 7.40. The first-order chi connectivity index (χ1) is 11.5. The molecule has 2 aromatic rings. The van der Waals surface area contributed by atoms with Crippen LogP contribution in [-0.2, 0) is 11.0 Å². The summed E-state index contributed by atoms with van der Waals surface area (Å²) in [6.45, 7) is 2.82. The average Bonchev–Trinajstić information content (AvgIpc) is 2.68. The quantitative estimate of drug-likeness (QED) is 0.646. The summed E-state index contributed by atoms with van der Waals surface area (Å²) < 4.78 is 72.4. The highest BCUT2D eigenvalue weighted by molar-refractivity contribution is 7.70. The summed E-state index contributed by atoms with van der Waals surface area (Å²) >= 11 is 0. The Morgan fingerprint density at radius 3 is 2.32 bits per heavy atom. The van der Waals surface area contributed by atoms with E-state index in [-0.39, 0.29) is 27.9 Å². The molecule has 1 aliphatic carbocycles. The summed E-state index contributed by atoms with van der Waals surface area (Å²) in [5.41, 5.74) is -0.142. The van der Waals surface area contributed by atoms with Crippen molar-refractivity contribution in [3.05, 3.63) is 53.1 Å². The number of hydrogen-bond acceptors (Lipinski definition) is 3. The van der Waals surface area contributed by atoms with Crippen LogP contribution in [-0.4, -0.2) is 24.4 Å². The van der Waals surface area contributed by atoms with Gasteiger partial charge in [-0.15, -0.1) is 0 Å². The van der Waals surface area contributed by atoms with Gasteiger partial charge in [0.15, 0.2) is 0 Å². The molecule has 2 aromatic carbocycles. The second kappa shape index (κ2) is 5.85. The lowest BCUT2D eigenvalue weighted by molar-refractivity contribution is -0.0965. The van der Waals surface area contributed by atoms with Gasteiger partial charge in [-0.1, -0.05) is 0 Å². The lowest BCUT2D eigenvalue weighted by atomic mass is 10.1. The molecule has 3 rings (SSSR count). The standard InChI is InChI=1S/C17H15F4O3P/c1-25(2,23)14-4-3-13(12-8-17(20,21)16(22)15(12)14)24-11-6-9(18)5-10(19)7-11/h3-7,16,22H,8H2,1-2H3. The SMILES string of the molecule is CP(C)(=O)c1ccc(Oc2cc(F)cc(F)c2)c2c1C(O)C(F)(F)C2. The van der Waals surface area contributed by atoms with E-state index in [4.69, 9.17) is 4.74 Å². The van der Waals surface area contributed by atoms with E-state index in [0.717, 1.165) is 12.1 Å². The molecule has 0 aliphatic heterocycles. The van der Waals surface area contributed by atoms with Crippen LogP contribution in [0.5, 0.6) is 11.5 Å². The fraction of sp³-hybridized carbons (Fsp3) is 0.294. The van der Waals surface area contributed by atoms with E-state index in [2.05, 4.69) is 0 Å². The second-order valence-corrected chi connectivity index (χ2v) is 9.56. The maximum absolute atomic E-state index is 14.0. The first-order valence-corrected chi connectivity index (χ1v) is 10.0. The minimum Gasteiger partial charge on any atom is -0.457 e. The third-order valence-electron chi connectivity index (χ3n) is 4.02. The molecule has 0 saturated heterocycles. The number of rotatable bonds is 3. The zero-order valence-corrected chi connectivity index (χ0v) is 14.3. The molecule has 1 unspecified atom stereocenters. The van der Waals surface area contributed by atoms with E-state index in [9.17, 15) is 27.2 Å². The monoisotopic (exact) mass is 374 g/mol. The molecule has 1 N–H and O–H groups in total. The van der Waals surface area contributed by atoms with Crippen LogP contribution in [0.4, 0.5) is 17.6 Å². The number of alkyl halides is 2. The molecule has 0 heterocycles. The molecule has 0 saturated carbocycles. The van der Waals surface area contributed by atoms with Gasteiger partial charge in [0.1, 0.15) is 36.4 Å². The van der Waals surface area contributed by atoms with Crippen molar-refractivity contribution in [3.8, 4) is 11.5 Å². The molecular formula is C17H15F4O3P. The minimum atomic E-state index is -3.45. The molecule has 25 heavy (non-hydrogen) atoms. The summed E-state index contributed by atoms with van der Waals surface area (Å²) in [4.78, 5) is 0. The molecule has 0 amide bonds. The lowest BCUT2D eigenvalue weighted by Gasteiger charge is -2.18. The molecule has 8 heteroatoms. The van der Waals surface area contributed by atoms with Gasteiger partial charge in [0.05, 0.1) is 0 Å². The fourth-order valence-corrected chi connectivity index (χ4v) is 4.21. The van der Waals surface area contributed by atoms with Crippen LogP contribution in [0, 0.1) is 11.6 Å². The number of ether oxygens (including phenoxy) is 1. The van der Waals surface area contributed by atoms with Gasteiger partial charge in [-0.05, 0) is 25.5 Å². The van der Waals surface area contributed by atoms with Crippen molar-refractivity contribution in [1.29, 1.82) is 0 Å². The number of hydrogen-bond donors (Lipinski definition) is 1. The molecule has 3 nitrogen and oxygen atoms in total. The van der Waals surface area contributed by atoms with Gasteiger partial charge < -0.3 is 14.4 Å². The molecule has 1 atom stereocenters. The van der Waals surface area contributed by atoms with E-state index in [1.807, 2.05) is 0 Å². The Hall–Kier alpha value is -1.85. The zero-order valence-electron chi connectivity index (χ0n) is 13.4. The van der Waals surface area contributed by atoms with Crippen LogP contribution in [0.1, 0.15) is 17.2 Å². The van der Waals surface area contributed by atoms with Gasteiger partial charge in [0.25, 0.3) is 5.92 Å². The van der Waals surface area contributed by atoms with Crippen LogP contribution in [0.3, 0.4) is 0 Å². The zero-order chi connectivity index (χ0) is 18.6. The van der Waals surface area contributed by atoms with Crippen LogP contribution in [0.25, 0.3) is 0 Å². The normalized spacial score (nSPS) is 18.9. The topological polar surface area (TPSA) is 46.5 Å². The van der Waals surface area contributed by atoms with Crippen LogP contribution in [0.2, 0.25) is 0 Å². The van der Waals surface area contributed by atoms with Crippen molar-refractivity contribution in [3.63, 3.8) is 0 Å². The summed E-state index contributed by atoms with van der Waals surface area (Å²) in [6, 6.07) is 5.15. The predicted octanol–water partition coefficient (Wildman–Crippen LogP) is 4.23. The van der Waals surface area contributed by atoms with E-state index in [1.165, 1.54) is 25.5 Å². The van der Waals surface area contributed by atoms with E-state index in [1.54, 1.807) is 0 Å². The predicted molar refractivity (Wildman–Crippen MR) is 85.6 cm³/mol. The summed E-state index contributed by atoms with van der Waals surface area (Å²) in [7, 11) is -2.94. The molecular weight excluding hydrogens is 359 g/mol. The van der Waals surface area contributed by atoms with Crippen molar-refractivity contribution < 1.29 is 32.0 Å². The third-order valence-corrected chi connectivity index (χ3v) is 5.57. The highest BCUT2D eigenvalue weighted by Crippen LogP contribution is 2.50. The molecule has 0 aromatic heterocycles. The largest absolute Gasteiger partial charge is 0.457 e. The van der Waals surface area contributed by atoms with Crippen molar-refractivity contribution in [2.24, 2.45) is 0 Å². The van der Waals surface area contributed by atoms with Crippen molar-refractivity contribution in [2.45, 2.75) is 18.4 Å². The van der Waals surface area contributed by atoms with Crippen LogP contribution < -0.4 is 10.0 Å².